The van der Waals surface area contributed by atoms with Gasteiger partial charge in [-0.1, -0.05) is 49.4 Å². The van der Waals surface area contributed by atoms with E-state index in [0.29, 0.717) is 6.04 Å². The summed E-state index contributed by atoms with van der Waals surface area (Å²) in [6.07, 6.45) is 2.82. The minimum Gasteiger partial charge on any atom is -0.342 e. The van der Waals surface area contributed by atoms with Gasteiger partial charge in [0.15, 0.2) is 0 Å². The maximum atomic E-state index is 13.1. The van der Waals surface area contributed by atoms with E-state index < -0.39 is 0 Å². The van der Waals surface area contributed by atoms with Gasteiger partial charge in [-0.15, -0.1) is 0 Å². The molecule has 0 aliphatic carbocycles. The molecule has 1 aromatic heterocycles. The predicted octanol–water partition coefficient (Wildman–Crippen LogP) is 3.85. The molecule has 1 fully saturated rings. The number of amides is 1. The second-order valence-electron chi connectivity index (χ2n) is 7.93. The fourth-order valence-electron chi connectivity index (χ4n) is 4.35. The molecule has 0 bridgehead atoms. The van der Waals surface area contributed by atoms with E-state index in [1.54, 1.807) is 0 Å². The molecular weight excluding hydrogens is 360 g/mol. The third-order valence-electron chi connectivity index (χ3n) is 6.14. The topological polar surface area (TPSA) is 50.2 Å². The van der Waals surface area contributed by atoms with Crippen molar-refractivity contribution in [1.82, 2.24) is 19.8 Å². The molecule has 2 aromatic carbocycles. The second-order valence-corrected chi connectivity index (χ2v) is 7.93. The molecule has 5 nitrogen and oxygen atoms in total. The number of nitrogens with zero attached hydrogens (tertiary/aromatic N) is 3. The molecule has 1 amide bonds. The fraction of sp³-hybridized carbons (Fsp3) is 0.417. The van der Waals surface area contributed by atoms with Gasteiger partial charge in [0, 0.05) is 26.2 Å². The van der Waals surface area contributed by atoms with E-state index in [1.165, 1.54) is 0 Å². The zero-order valence-corrected chi connectivity index (χ0v) is 17.3. The Bertz CT molecular complexity index is 957. The van der Waals surface area contributed by atoms with Crippen LogP contribution in [0.4, 0.5) is 0 Å². The molecule has 2 heterocycles. The van der Waals surface area contributed by atoms with Gasteiger partial charge in [-0.25, -0.2) is 4.98 Å². The summed E-state index contributed by atoms with van der Waals surface area (Å²) < 4.78 is 2.16. The lowest BCUT2D eigenvalue weighted by Crippen LogP contribution is -2.46. The van der Waals surface area contributed by atoms with E-state index in [9.17, 15) is 4.79 Å². The standard InChI is InChI=1S/C24H30N4O/c1-3-20(18-9-5-4-6-10-18)24(29)28-15-13-19(14-16-28)25-17-23-26-21-11-7-8-12-22(21)27(23)2/h4-12,19-20,25H,3,13-17H2,1-2H3. The van der Waals surface area contributed by atoms with Crippen LogP contribution in [0.25, 0.3) is 11.0 Å². The van der Waals surface area contributed by atoms with Crippen LogP contribution in [-0.4, -0.2) is 39.5 Å². The molecule has 1 saturated heterocycles. The Balaban J connectivity index is 1.32. The summed E-state index contributed by atoms with van der Waals surface area (Å²) in [5, 5.41) is 3.65. The summed E-state index contributed by atoms with van der Waals surface area (Å²) >= 11 is 0. The van der Waals surface area contributed by atoms with Crippen LogP contribution in [0, 0.1) is 0 Å². The molecule has 3 aromatic rings. The van der Waals surface area contributed by atoms with Crippen LogP contribution >= 0.6 is 0 Å². The molecule has 1 unspecified atom stereocenters. The van der Waals surface area contributed by atoms with Crippen LogP contribution in [0.2, 0.25) is 0 Å². The number of benzene rings is 2. The molecule has 1 aliphatic rings. The quantitative estimate of drug-likeness (QED) is 0.696. The van der Waals surface area contributed by atoms with Crippen LogP contribution in [-0.2, 0) is 18.4 Å². The average molecular weight is 391 g/mol. The highest BCUT2D eigenvalue weighted by molar-refractivity contribution is 5.83. The summed E-state index contributed by atoms with van der Waals surface area (Å²) in [6.45, 7) is 4.50. The van der Waals surface area contributed by atoms with Gasteiger partial charge < -0.3 is 14.8 Å². The van der Waals surface area contributed by atoms with Gasteiger partial charge in [0.2, 0.25) is 5.91 Å². The molecular formula is C24H30N4O. The first-order valence-corrected chi connectivity index (χ1v) is 10.6. The van der Waals surface area contributed by atoms with Crippen LogP contribution in [0.15, 0.2) is 54.6 Å². The number of rotatable bonds is 6. The molecule has 1 N–H and O–H groups in total. The number of aromatic nitrogens is 2. The van der Waals surface area contributed by atoms with Crippen molar-refractivity contribution < 1.29 is 4.79 Å². The van der Waals surface area contributed by atoms with E-state index in [-0.39, 0.29) is 11.8 Å². The molecule has 152 valence electrons. The van der Waals surface area contributed by atoms with Gasteiger partial charge in [-0.05, 0) is 37.0 Å². The van der Waals surface area contributed by atoms with E-state index >= 15 is 0 Å². The SMILES string of the molecule is CCC(C(=O)N1CCC(NCc2nc3ccccc3n2C)CC1)c1ccccc1. The number of nitrogens with one attached hydrogen (secondary N) is 1. The molecule has 5 heteroatoms. The molecule has 1 aliphatic heterocycles. The summed E-state index contributed by atoms with van der Waals surface area (Å²) in [4.78, 5) is 19.8. The summed E-state index contributed by atoms with van der Waals surface area (Å²) in [5.74, 6) is 1.30. The monoisotopic (exact) mass is 390 g/mol. The number of fused-ring (bicyclic) bond motifs is 1. The Kier molecular flexibility index (Phi) is 5.95. The highest BCUT2D eigenvalue weighted by Gasteiger charge is 2.28. The largest absolute Gasteiger partial charge is 0.342 e. The van der Waals surface area contributed by atoms with Crippen molar-refractivity contribution in [2.75, 3.05) is 13.1 Å². The molecule has 4 rings (SSSR count). The maximum Gasteiger partial charge on any atom is 0.230 e. The summed E-state index contributed by atoms with van der Waals surface area (Å²) in [7, 11) is 2.07. The zero-order valence-electron chi connectivity index (χ0n) is 17.3. The van der Waals surface area contributed by atoms with E-state index in [1.807, 2.05) is 30.3 Å². The third-order valence-corrected chi connectivity index (χ3v) is 6.14. The van der Waals surface area contributed by atoms with Gasteiger partial charge in [0.1, 0.15) is 5.82 Å². The fourth-order valence-corrected chi connectivity index (χ4v) is 4.35. The molecule has 0 spiro atoms. The highest BCUT2D eigenvalue weighted by Crippen LogP contribution is 2.24. The highest BCUT2D eigenvalue weighted by atomic mass is 16.2. The third kappa shape index (κ3) is 4.20. The van der Waals surface area contributed by atoms with Gasteiger partial charge in [-0.3, -0.25) is 4.79 Å². The Labute approximate surface area is 172 Å². The Morgan fingerprint density at radius 2 is 1.79 bits per heavy atom. The molecule has 29 heavy (non-hydrogen) atoms. The first-order valence-electron chi connectivity index (χ1n) is 10.6. The number of carbonyl (C=O) groups is 1. The Hall–Kier alpha value is -2.66. The lowest BCUT2D eigenvalue weighted by atomic mass is 9.93. The number of hydrogen-bond donors (Lipinski definition) is 1. The van der Waals surface area contributed by atoms with Crippen LogP contribution in [0.5, 0.6) is 0 Å². The Morgan fingerprint density at radius 1 is 1.10 bits per heavy atom. The second kappa shape index (κ2) is 8.78. The number of imidazole rings is 1. The van der Waals surface area contributed by atoms with Crippen molar-refractivity contribution in [3.05, 3.63) is 66.0 Å². The van der Waals surface area contributed by atoms with Gasteiger partial charge in [-0.2, -0.15) is 0 Å². The van der Waals surface area contributed by atoms with Crippen molar-refractivity contribution in [3.63, 3.8) is 0 Å². The van der Waals surface area contributed by atoms with Crippen LogP contribution in [0.1, 0.15) is 43.5 Å². The number of aryl methyl sites for hydroxylation is 1. The van der Waals surface area contributed by atoms with Gasteiger partial charge in [0.25, 0.3) is 0 Å². The molecule has 1 atom stereocenters. The van der Waals surface area contributed by atoms with Crippen molar-refractivity contribution in [2.24, 2.45) is 7.05 Å². The van der Waals surface area contributed by atoms with Crippen molar-refractivity contribution in [3.8, 4) is 0 Å². The number of likely N-dealkylation sites (tertiary alicyclic amines) is 1. The molecule has 0 radical (unpaired) electrons. The lowest BCUT2D eigenvalue weighted by molar-refractivity contribution is -0.134. The van der Waals surface area contributed by atoms with Gasteiger partial charge in [0.05, 0.1) is 23.5 Å². The summed E-state index contributed by atoms with van der Waals surface area (Å²) in [6, 6.07) is 18.8. The van der Waals surface area contributed by atoms with Crippen LogP contribution < -0.4 is 5.32 Å². The van der Waals surface area contributed by atoms with E-state index in [2.05, 4.69) is 53.0 Å². The Morgan fingerprint density at radius 3 is 2.48 bits per heavy atom. The van der Waals surface area contributed by atoms with E-state index in [4.69, 9.17) is 4.98 Å². The first kappa shape index (κ1) is 19.6. The number of piperidine rings is 1. The van der Waals surface area contributed by atoms with Gasteiger partial charge >= 0.3 is 0 Å². The minimum atomic E-state index is -0.0271. The average Bonchev–Trinajstić information content (AvgIpc) is 3.09. The molecule has 0 saturated carbocycles. The number of para-hydroxylation sites is 2. The van der Waals surface area contributed by atoms with Crippen molar-refractivity contribution in [2.45, 2.75) is 44.7 Å². The number of carbonyl (C=O) groups excluding carboxylic acids is 1. The van der Waals surface area contributed by atoms with E-state index in [0.717, 1.165) is 61.3 Å². The predicted molar refractivity (Wildman–Crippen MR) is 117 cm³/mol. The van der Waals surface area contributed by atoms with Crippen molar-refractivity contribution >= 4 is 16.9 Å². The zero-order chi connectivity index (χ0) is 20.2. The van der Waals surface area contributed by atoms with Crippen LogP contribution in [0.3, 0.4) is 0 Å². The summed E-state index contributed by atoms with van der Waals surface area (Å²) in [5.41, 5.74) is 3.33. The normalized spacial score (nSPS) is 16.3. The number of hydrogen-bond acceptors (Lipinski definition) is 3. The minimum absolute atomic E-state index is 0.0271. The maximum absolute atomic E-state index is 13.1. The smallest absolute Gasteiger partial charge is 0.230 e. The first-order chi connectivity index (χ1) is 14.2. The van der Waals surface area contributed by atoms with Crippen molar-refractivity contribution in [1.29, 1.82) is 0 Å². The lowest BCUT2D eigenvalue weighted by Gasteiger charge is -2.34.